The summed E-state index contributed by atoms with van der Waals surface area (Å²) < 4.78 is 10.9. The van der Waals surface area contributed by atoms with E-state index >= 15 is 0 Å². The molecule has 0 aromatic heterocycles. The lowest BCUT2D eigenvalue weighted by atomic mass is 10.2. The van der Waals surface area contributed by atoms with E-state index in [2.05, 4.69) is 27.5 Å². The standard InChI is InChI=1S/C21H34N4O3.HI/c1-6-15-27-18-12-9-8-11-17(18)16-25-19(22-7-2)23-13-10-14-24-20(26)28-21(3,4)5;/h6,8-9,11-12H,1,7,10,13-16H2,2-5H3,(H,24,26)(H2,22,23,25);1H. The zero-order valence-corrected chi connectivity index (χ0v) is 20.2. The number of amides is 1. The van der Waals surface area contributed by atoms with Crippen LogP contribution in [0.4, 0.5) is 4.79 Å². The zero-order chi connectivity index (χ0) is 20.8. The first-order valence-corrected chi connectivity index (χ1v) is 9.66. The van der Waals surface area contributed by atoms with E-state index in [4.69, 9.17) is 9.47 Å². The molecule has 0 unspecified atom stereocenters. The van der Waals surface area contributed by atoms with Crippen molar-refractivity contribution in [1.82, 2.24) is 16.0 Å². The number of guanidine groups is 1. The average molecular weight is 518 g/mol. The number of hydrogen-bond donors (Lipinski definition) is 3. The normalized spacial score (nSPS) is 11.1. The number of nitrogens with zero attached hydrogens (tertiary/aromatic N) is 1. The van der Waals surface area contributed by atoms with Gasteiger partial charge in [0.2, 0.25) is 0 Å². The van der Waals surface area contributed by atoms with Gasteiger partial charge in [-0.05, 0) is 40.2 Å². The zero-order valence-electron chi connectivity index (χ0n) is 17.9. The molecule has 0 saturated heterocycles. The van der Waals surface area contributed by atoms with E-state index in [0.717, 1.165) is 30.2 Å². The van der Waals surface area contributed by atoms with Crippen LogP contribution >= 0.6 is 24.0 Å². The molecule has 0 saturated carbocycles. The van der Waals surface area contributed by atoms with Gasteiger partial charge in [-0.15, -0.1) is 24.0 Å². The SMILES string of the molecule is C=CCOc1ccccc1CN=C(NCC)NCCCNC(=O)OC(C)(C)C.I. The fourth-order valence-electron chi connectivity index (χ4n) is 2.23. The van der Waals surface area contributed by atoms with Gasteiger partial charge < -0.3 is 25.4 Å². The summed E-state index contributed by atoms with van der Waals surface area (Å²) >= 11 is 0. The molecular formula is C21H35IN4O3. The molecule has 0 heterocycles. The Hall–Kier alpha value is -1.97. The highest BCUT2D eigenvalue weighted by Gasteiger charge is 2.15. The molecule has 0 bridgehead atoms. The van der Waals surface area contributed by atoms with Crippen molar-refractivity contribution in [3.8, 4) is 5.75 Å². The van der Waals surface area contributed by atoms with Gasteiger partial charge in [0.15, 0.2) is 5.96 Å². The molecule has 3 N–H and O–H groups in total. The van der Waals surface area contributed by atoms with Crippen LogP contribution in [0.5, 0.6) is 5.75 Å². The Kier molecular flexibility index (Phi) is 13.9. The average Bonchev–Trinajstić information content (AvgIpc) is 2.63. The number of alkyl carbamates (subject to hydrolysis) is 1. The summed E-state index contributed by atoms with van der Waals surface area (Å²) in [6.07, 6.45) is 2.07. The Labute approximate surface area is 191 Å². The number of ether oxygens (including phenoxy) is 2. The highest BCUT2D eigenvalue weighted by molar-refractivity contribution is 14.0. The molecule has 0 radical (unpaired) electrons. The third kappa shape index (κ3) is 13.0. The first-order chi connectivity index (χ1) is 13.4. The molecule has 0 aliphatic carbocycles. The summed E-state index contributed by atoms with van der Waals surface area (Å²) in [5.41, 5.74) is 0.520. The highest BCUT2D eigenvalue weighted by atomic mass is 127. The maximum Gasteiger partial charge on any atom is 0.407 e. The minimum atomic E-state index is -0.487. The largest absolute Gasteiger partial charge is 0.489 e. The highest BCUT2D eigenvalue weighted by Crippen LogP contribution is 2.18. The molecule has 0 atom stereocenters. The minimum absolute atomic E-state index is 0. The second-order valence-electron chi connectivity index (χ2n) is 7.11. The van der Waals surface area contributed by atoms with E-state index in [9.17, 15) is 4.79 Å². The Morgan fingerprint density at radius 3 is 2.52 bits per heavy atom. The second kappa shape index (κ2) is 14.9. The summed E-state index contributed by atoms with van der Waals surface area (Å²) in [4.78, 5) is 16.2. The van der Waals surface area contributed by atoms with Gasteiger partial charge in [-0.25, -0.2) is 9.79 Å². The van der Waals surface area contributed by atoms with Crippen molar-refractivity contribution in [2.75, 3.05) is 26.2 Å². The summed E-state index contributed by atoms with van der Waals surface area (Å²) in [5, 5.41) is 9.23. The number of rotatable bonds is 10. The van der Waals surface area contributed by atoms with Crippen molar-refractivity contribution in [2.24, 2.45) is 4.99 Å². The number of halogens is 1. The molecule has 0 spiro atoms. The fourth-order valence-corrected chi connectivity index (χ4v) is 2.23. The summed E-state index contributed by atoms with van der Waals surface area (Å²) in [7, 11) is 0. The fraction of sp³-hybridized carbons (Fsp3) is 0.524. The lowest BCUT2D eigenvalue weighted by Gasteiger charge is -2.19. The number of hydrogen-bond acceptors (Lipinski definition) is 4. The van der Waals surface area contributed by atoms with Gasteiger partial charge in [0.1, 0.15) is 18.0 Å². The number of carbonyl (C=O) groups excluding carboxylic acids is 1. The van der Waals surface area contributed by atoms with Crippen LogP contribution in [0, 0.1) is 0 Å². The van der Waals surface area contributed by atoms with Crippen molar-refractivity contribution in [2.45, 2.75) is 46.3 Å². The molecule has 1 rings (SSSR count). The molecule has 29 heavy (non-hydrogen) atoms. The molecule has 8 heteroatoms. The van der Waals surface area contributed by atoms with Gasteiger partial charge in [-0.2, -0.15) is 0 Å². The van der Waals surface area contributed by atoms with Crippen LogP contribution < -0.4 is 20.7 Å². The molecule has 1 aromatic carbocycles. The van der Waals surface area contributed by atoms with Crippen molar-refractivity contribution < 1.29 is 14.3 Å². The Morgan fingerprint density at radius 1 is 1.17 bits per heavy atom. The Morgan fingerprint density at radius 2 is 1.86 bits per heavy atom. The Balaban J connectivity index is 0.00000784. The lowest BCUT2D eigenvalue weighted by molar-refractivity contribution is 0.0527. The van der Waals surface area contributed by atoms with Gasteiger partial charge in [-0.1, -0.05) is 30.9 Å². The molecule has 1 amide bonds. The van der Waals surface area contributed by atoms with Crippen LogP contribution in [-0.4, -0.2) is 43.9 Å². The van der Waals surface area contributed by atoms with E-state index in [-0.39, 0.29) is 24.0 Å². The molecular weight excluding hydrogens is 483 g/mol. The number of para-hydroxylation sites is 1. The van der Waals surface area contributed by atoms with Crippen molar-refractivity contribution in [3.05, 3.63) is 42.5 Å². The number of carbonyl (C=O) groups is 1. The minimum Gasteiger partial charge on any atom is -0.489 e. The molecule has 0 aliphatic rings. The van der Waals surface area contributed by atoms with E-state index in [1.165, 1.54) is 0 Å². The third-order valence-corrected chi connectivity index (χ3v) is 3.40. The maximum atomic E-state index is 11.6. The van der Waals surface area contributed by atoms with Crippen LogP contribution in [0.3, 0.4) is 0 Å². The third-order valence-electron chi connectivity index (χ3n) is 3.40. The van der Waals surface area contributed by atoms with Crippen molar-refractivity contribution >= 4 is 36.0 Å². The van der Waals surface area contributed by atoms with Crippen LogP contribution in [0.25, 0.3) is 0 Å². The van der Waals surface area contributed by atoms with Gasteiger partial charge in [-0.3, -0.25) is 0 Å². The molecule has 0 fully saturated rings. The topological polar surface area (TPSA) is 84.0 Å². The van der Waals surface area contributed by atoms with E-state index in [0.29, 0.717) is 26.2 Å². The first-order valence-electron chi connectivity index (χ1n) is 9.66. The van der Waals surface area contributed by atoms with Crippen molar-refractivity contribution in [3.63, 3.8) is 0 Å². The predicted octanol–water partition coefficient (Wildman–Crippen LogP) is 3.84. The predicted molar refractivity (Wildman–Crippen MR) is 129 cm³/mol. The van der Waals surface area contributed by atoms with Crippen LogP contribution in [0.2, 0.25) is 0 Å². The number of nitrogens with one attached hydrogen (secondary N) is 3. The monoisotopic (exact) mass is 518 g/mol. The Bertz CT molecular complexity index is 645. The van der Waals surface area contributed by atoms with Crippen LogP contribution in [0.15, 0.2) is 41.9 Å². The van der Waals surface area contributed by atoms with Crippen LogP contribution in [-0.2, 0) is 11.3 Å². The maximum absolute atomic E-state index is 11.6. The molecule has 7 nitrogen and oxygen atoms in total. The van der Waals surface area contributed by atoms with Gasteiger partial charge in [0.25, 0.3) is 0 Å². The molecule has 1 aromatic rings. The van der Waals surface area contributed by atoms with E-state index in [1.54, 1.807) is 6.08 Å². The van der Waals surface area contributed by atoms with Gasteiger partial charge in [0, 0.05) is 25.2 Å². The summed E-state index contributed by atoms with van der Waals surface area (Å²) in [5.74, 6) is 1.53. The molecule has 164 valence electrons. The lowest BCUT2D eigenvalue weighted by Crippen LogP contribution is -2.39. The first kappa shape index (κ1) is 27.0. The smallest absolute Gasteiger partial charge is 0.407 e. The summed E-state index contributed by atoms with van der Waals surface area (Å²) in [6, 6.07) is 7.83. The van der Waals surface area contributed by atoms with Gasteiger partial charge >= 0.3 is 6.09 Å². The number of benzene rings is 1. The van der Waals surface area contributed by atoms with E-state index < -0.39 is 11.7 Å². The summed E-state index contributed by atoms with van der Waals surface area (Å²) in [6.45, 7) is 14.1. The number of aliphatic imine (C=N–C) groups is 1. The van der Waals surface area contributed by atoms with Crippen molar-refractivity contribution in [1.29, 1.82) is 0 Å². The molecule has 0 aliphatic heterocycles. The van der Waals surface area contributed by atoms with E-state index in [1.807, 2.05) is 52.0 Å². The van der Waals surface area contributed by atoms with Crippen LogP contribution in [0.1, 0.15) is 39.7 Å². The van der Waals surface area contributed by atoms with Gasteiger partial charge in [0.05, 0.1) is 6.54 Å². The second-order valence-corrected chi connectivity index (χ2v) is 7.11. The quantitative estimate of drug-likeness (QED) is 0.144.